The zero-order valence-electron chi connectivity index (χ0n) is 11.4. The quantitative estimate of drug-likeness (QED) is 0.498. The smallest absolute Gasteiger partial charge is 0.0782 e. The maximum absolute atomic E-state index is 2.47. The van der Waals surface area contributed by atoms with Gasteiger partial charge in [0.2, 0.25) is 0 Å². The number of fused-ring (bicyclic) bond motifs is 2. The van der Waals surface area contributed by atoms with E-state index in [1.54, 1.807) is 11.1 Å². The zero-order chi connectivity index (χ0) is 12.3. The molecule has 3 rings (SSSR count). The van der Waals surface area contributed by atoms with Crippen LogP contribution in [0.25, 0.3) is 0 Å². The van der Waals surface area contributed by atoms with Gasteiger partial charge in [-0.1, -0.05) is 73.6 Å². The van der Waals surface area contributed by atoms with Gasteiger partial charge in [-0.2, -0.15) is 0 Å². The number of allylic oxidation sites excluding steroid dienone is 2. The molecule has 17 heavy (non-hydrogen) atoms. The van der Waals surface area contributed by atoms with Crippen LogP contribution in [0.3, 0.4) is 0 Å². The number of benzene rings is 1. The first kappa shape index (κ1) is 11.1. The molecular formula is C16H21B. The van der Waals surface area contributed by atoms with Crippen LogP contribution in [0.15, 0.2) is 41.5 Å². The summed E-state index contributed by atoms with van der Waals surface area (Å²) in [6, 6.07) is 11.1. The normalized spacial score (nSPS) is 35.9. The molecule has 2 heterocycles. The van der Waals surface area contributed by atoms with Crippen molar-refractivity contribution in [1.29, 1.82) is 0 Å². The van der Waals surface area contributed by atoms with Crippen LogP contribution in [0.2, 0.25) is 10.6 Å². The summed E-state index contributed by atoms with van der Waals surface area (Å²) in [5, 5.41) is 0.806. The van der Waals surface area contributed by atoms with E-state index in [1.165, 1.54) is 18.3 Å². The van der Waals surface area contributed by atoms with Gasteiger partial charge in [0, 0.05) is 0 Å². The number of hydrogen-bond donors (Lipinski definition) is 0. The SMILES string of the molecule is CC1=C(C)C2(C)CCC1(C)B2c1ccccc1. The van der Waals surface area contributed by atoms with Crippen molar-refractivity contribution in [2.24, 2.45) is 0 Å². The molecule has 2 aliphatic heterocycles. The third kappa shape index (κ3) is 1.20. The molecule has 1 aromatic carbocycles. The minimum atomic E-state index is 0.403. The Morgan fingerprint density at radius 1 is 0.882 bits per heavy atom. The Bertz CT molecular complexity index is 462. The van der Waals surface area contributed by atoms with Crippen molar-refractivity contribution >= 4 is 12.2 Å². The molecule has 0 amide bonds. The molecule has 0 nitrogen and oxygen atoms in total. The van der Waals surface area contributed by atoms with Crippen molar-refractivity contribution in [3.8, 4) is 0 Å². The highest BCUT2D eigenvalue weighted by Crippen LogP contribution is 2.70. The first-order valence-corrected chi connectivity index (χ1v) is 6.73. The fourth-order valence-electron chi connectivity index (χ4n) is 4.56. The minimum Gasteiger partial charge on any atom is -0.0782 e. The van der Waals surface area contributed by atoms with Gasteiger partial charge in [0.15, 0.2) is 6.71 Å². The third-order valence-electron chi connectivity index (χ3n) is 5.85. The summed E-state index contributed by atoms with van der Waals surface area (Å²) in [7, 11) is 0. The average Bonchev–Trinajstić information content (AvgIpc) is 2.69. The molecule has 2 unspecified atom stereocenters. The van der Waals surface area contributed by atoms with Crippen LogP contribution < -0.4 is 5.46 Å². The molecular weight excluding hydrogens is 203 g/mol. The molecule has 2 aliphatic rings. The van der Waals surface area contributed by atoms with Gasteiger partial charge in [-0.05, 0) is 24.5 Å². The predicted molar refractivity (Wildman–Crippen MR) is 76.2 cm³/mol. The summed E-state index contributed by atoms with van der Waals surface area (Å²) in [5.74, 6) is 0. The van der Waals surface area contributed by atoms with E-state index < -0.39 is 0 Å². The fourth-order valence-corrected chi connectivity index (χ4v) is 4.56. The van der Waals surface area contributed by atoms with Crippen LogP contribution in [0.4, 0.5) is 0 Å². The van der Waals surface area contributed by atoms with E-state index in [-0.39, 0.29) is 0 Å². The van der Waals surface area contributed by atoms with Gasteiger partial charge >= 0.3 is 0 Å². The Kier molecular flexibility index (Phi) is 2.15. The third-order valence-corrected chi connectivity index (χ3v) is 5.85. The molecule has 88 valence electrons. The summed E-state index contributed by atoms with van der Waals surface area (Å²) >= 11 is 0. The maximum Gasteiger partial charge on any atom is 0.196 e. The lowest BCUT2D eigenvalue weighted by Gasteiger charge is -2.29. The summed E-state index contributed by atoms with van der Waals surface area (Å²) < 4.78 is 0. The highest BCUT2D eigenvalue weighted by Gasteiger charge is 2.61. The molecule has 0 aliphatic carbocycles. The van der Waals surface area contributed by atoms with Crippen LogP contribution >= 0.6 is 0 Å². The van der Waals surface area contributed by atoms with Crippen molar-refractivity contribution in [3.63, 3.8) is 0 Å². The van der Waals surface area contributed by atoms with Gasteiger partial charge in [-0.15, -0.1) is 0 Å². The Balaban J connectivity index is 2.16. The topological polar surface area (TPSA) is 0 Å². The Morgan fingerprint density at radius 3 is 1.82 bits per heavy atom. The molecule has 0 N–H and O–H groups in total. The predicted octanol–water partition coefficient (Wildman–Crippen LogP) is 4.05. The zero-order valence-corrected chi connectivity index (χ0v) is 11.4. The molecule has 0 spiro atoms. The van der Waals surface area contributed by atoms with E-state index in [1.807, 2.05) is 0 Å². The second-order valence-corrected chi connectivity index (χ2v) is 6.43. The molecule has 2 atom stereocenters. The highest BCUT2D eigenvalue weighted by atomic mass is 14.5. The van der Waals surface area contributed by atoms with Crippen molar-refractivity contribution in [3.05, 3.63) is 41.5 Å². The monoisotopic (exact) mass is 224 g/mol. The van der Waals surface area contributed by atoms with Crippen LogP contribution in [0.1, 0.15) is 40.5 Å². The molecule has 1 heteroatoms. The fraction of sp³-hybridized carbons (Fsp3) is 0.500. The first-order valence-electron chi connectivity index (χ1n) is 6.73. The Labute approximate surface area is 105 Å². The van der Waals surface area contributed by atoms with Crippen molar-refractivity contribution in [1.82, 2.24) is 0 Å². The van der Waals surface area contributed by atoms with Gasteiger partial charge in [-0.3, -0.25) is 0 Å². The summed E-state index contributed by atoms with van der Waals surface area (Å²) in [5.41, 5.74) is 4.84. The van der Waals surface area contributed by atoms with Gasteiger partial charge in [0.25, 0.3) is 0 Å². The summed E-state index contributed by atoms with van der Waals surface area (Å²) in [6.07, 6.45) is 2.71. The molecule has 0 radical (unpaired) electrons. The van der Waals surface area contributed by atoms with Crippen LogP contribution in [0.5, 0.6) is 0 Å². The van der Waals surface area contributed by atoms with Crippen molar-refractivity contribution < 1.29 is 0 Å². The Morgan fingerprint density at radius 2 is 1.35 bits per heavy atom. The van der Waals surface area contributed by atoms with E-state index in [2.05, 4.69) is 58.0 Å². The molecule has 1 aromatic rings. The van der Waals surface area contributed by atoms with E-state index in [9.17, 15) is 0 Å². The van der Waals surface area contributed by atoms with E-state index in [4.69, 9.17) is 0 Å². The second kappa shape index (κ2) is 3.28. The summed E-state index contributed by atoms with van der Waals surface area (Å²) in [6.45, 7) is 10.4. The highest BCUT2D eigenvalue weighted by molar-refractivity contribution is 6.81. The molecule has 1 fully saturated rings. The maximum atomic E-state index is 2.47. The largest absolute Gasteiger partial charge is 0.196 e. The Hall–Kier alpha value is -0.975. The standard InChI is InChI=1S/C16H21B/c1-12-13(2)16(4)11-10-15(12,3)17(16)14-8-6-5-7-9-14/h5-9H,10-11H2,1-4H3. The van der Waals surface area contributed by atoms with Crippen LogP contribution in [-0.4, -0.2) is 6.71 Å². The first-order chi connectivity index (χ1) is 8.00. The van der Waals surface area contributed by atoms with Gasteiger partial charge in [0.1, 0.15) is 0 Å². The second-order valence-electron chi connectivity index (χ2n) is 6.43. The van der Waals surface area contributed by atoms with Gasteiger partial charge in [-0.25, -0.2) is 0 Å². The molecule has 0 aromatic heterocycles. The van der Waals surface area contributed by atoms with E-state index in [0.29, 0.717) is 17.3 Å². The van der Waals surface area contributed by atoms with Crippen molar-refractivity contribution in [2.45, 2.75) is 51.2 Å². The van der Waals surface area contributed by atoms with E-state index >= 15 is 0 Å². The van der Waals surface area contributed by atoms with Crippen LogP contribution in [-0.2, 0) is 0 Å². The van der Waals surface area contributed by atoms with Gasteiger partial charge in [0.05, 0.1) is 0 Å². The molecule has 0 saturated carbocycles. The lowest BCUT2D eigenvalue weighted by molar-refractivity contribution is 0.554. The lowest BCUT2D eigenvalue weighted by atomic mass is 9.25. The molecule has 2 bridgehead atoms. The van der Waals surface area contributed by atoms with Gasteiger partial charge < -0.3 is 0 Å². The molecule has 1 saturated heterocycles. The average molecular weight is 224 g/mol. The van der Waals surface area contributed by atoms with E-state index in [0.717, 1.165) is 0 Å². The summed E-state index contributed by atoms with van der Waals surface area (Å²) in [4.78, 5) is 0. The number of rotatable bonds is 1. The lowest BCUT2D eigenvalue weighted by Crippen LogP contribution is -2.41. The van der Waals surface area contributed by atoms with Crippen molar-refractivity contribution in [2.75, 3.05) is 0 Å². The van der Waals surface area contributed by atoms with Crippen LogP contribution in [0, 0.1) is 0 Å². The minimum absolute atomic E-state index is 0.403. The number of hydrogen-bond acceptors (Lipinski definition) is 0.